The van der Waals surface area contributed by atoms with Crippen LogP contribution in [0.2, 0.25) is 0 Å². The van der Waals surface area contributed by atoms with E-state index in [1.54, 1.807) is 0 Å². The van der Waals surface area contributed by atoms with Crippen LogP contribution in [0.5, 0.6) is 0 Å². The number of carbonyl (C=O) groups excluding carboxylic acids is 3. The van der Waals surface area contributed by atoms with E-state index in [2.05, 4.69) is 130 Å². The molecule has 0 spiro atoms. The number of rotatable bonds is 48. The third-order valence-corrected chi connectivity index (χ3v) is 11.2. The van der Waals surface area contributed by atoms with E-state index in [4.69, 9.17) is 14.2 Å². The van der Waals surface area contributed by atoms with Gasteiger partial charge in [-0.3, -0.25) is 14.4 Å². The standard InChI is InChI=1S/C61H100O6/c1-4-7-10-13-16-19-22-25-27-29-30-32-34-37-39-42-45-48-51-54-60(63)66-57-58(67-61(64)55-52-49-46-43-40-35-24-21-18-15-12-9-6-3)56-65-59(62)53-50-47-44-41-38-36-33-31-28-26-23-20-17-14-11-8-5-2/h7,10,16-17,19-21,24-28,30,32-33,36-37,39,58H,4-6,8-9,11-15,18,22-23,29,31,34-35,38,40-57H2,1-3H3/b10-7-,19-16-,20-17-,24-21-,27-25-,28-26-,32-30-,36-33-,39-37-/t58-/m0/s1. The van der Waals surface area contributed by atoms with Crippen LogP contribution in [0.15, 0.2) is 109 Å². The number of carbonyl (C=O) groups is 3. The molecule has 6 nitrogen and oxygen atoms in total. The number of allylic oxidation sites excluding steroid dienone is 18. The summed E-state index contributed by atoms with van der Waals surface area (Å²) in [5, 5.41) is 0. The molecule has 0 aliphatic rings. The number of unbranched alkanes of at least 4 members (excludes halogenated alkanes) is 19. The van der Waals surface area contributed by atoms with Gasteiger partial charge < -0.3 is 14.2 Å². The lowest BCUT2D eigenvalue weighted by Crippen LogP contribution is -2.30. The lowest BCUT2D eigenvalue weighted by Gasteiger charge is -2.18. The highest BCUT2D eigenvalue weighted by Crippen LogP contribution is 2.13. The highest BCUT2D eigenvalue weighted by atomic mass is 16.6. The van der Waals surface area contributed by atoms with Crippen molar-refractivity contribution in [2.45, 2.75) is 245 Å². The fourth-order valence-electron chi connectivity index (χ4n) is 7.12. The third kappa shape index (κ3) is 52.9. The molecule has 0 fully saturated rings. The minimum atomic E-state index is -0.807. The molecule has 0 unspecified atom stereocenters. The number of esters is 3. The maximum atomic E-state index is 12.8. The molecular formula is C61H100O6. The van der Waals surface area contributed by atoms with Gasteiger partial charge in [-0.15, -0.1) is 0 Å². The molecule has 0 saturated carbocycles. The normalized spacial score (nSPS) is 12.9. The van der Waals surface area contributed by atoms with Crippen molar-refractivity contribution < 1.29 is 28.6 Å². The summed E-state index contributed by atoms with van der Waals surface area (Å²) in [6, 6.07) is 0. The second-order valence-electron chi connectivity index (χ2n) is 17.7. The van der Waals surface area contributed by atoms with Gasteiger partial charge in [-0.05, 0) is 128 Å². The Labute approximate surface area is 412 Å². The molecule has 0 aromatic carbocycles. The van der Waals surface area contributed by atoms with Gasteiger partial charge in [-0.25, -0.2) is 0 Å². The van der Waals surface area contributed by atoms with Crippen molar-refractivity contribution in [3.05, 3.63) is 109 Å². The summed E-state index contributed by atoms with van der Waals surface area (Å²) in [4.78, 5) is 38.1. The fraction of sp³-hybridized carbons (Fsp3) is 0.656. The molecular weight excluding hydrogens is 829 g/mol. The van der Waals surface area contributed by atoms with E-state index in [1.165, 1.54) is 64.2 Å². The topological polar surface area (TPSA) is 78.9 Å². The second kappa shape index (κ2) is 54.7. The van der Waals surface area contributed by atoms with Crippen LogP contribution in [0.1, 0.15) is 239 Å². The van der Waals surface area contributed by atoms with Crippen LogP contribution in [-0.4, -0.2) is 37.2 Å². The van der Waals surface area contributed by atoms with Gasteiger partial charge in [-0.1, -0.05) is 201 Å². The first-order valence-corrected chi connectivity index (χ1v) is 27.4. The van der Waals surface area contributed by atoms with E-state index < -0.39 is 6.10 Å². The molecule has 0 aromatic heterocycles. The molecule has 1 atom stereocenters. The van der Waals surface area contributed by atoms with Gasteiger partial charge in [0.15, 0.2) is 6.10 Å². The van der Waals surface area contributed by atoms with Crippen LogP contribution in [0.4, 0.5) is 0 Å². The van der Waals surface area contributed by atoms with Crippen molar-refractivity contribution >= 4 is 17.9 Å². The molecule has 0 aliphatic carbocycles. The van der Waals surface area contributed by atoms with Gasteiger partial charge in [0.2, 0.25) is 0 Å². The van der Waals surface area contributed by atoms with Gasteiger partial charge in [-0.2, -0.15) is 0 Å². The summed E-state index contributed by atoms with van der Waals surface area (Å²) in [5.41, 5.74) is 0. The zero-order valence-corrected chi connectivity index (χ0v) is 43.4. The molecule has 67 heavy (non-hydrogen) atoms. The Hall–Kier alpha value is -3.93. The van der Waals surface area contributed by atoms with Crippen molar-refractivity contribution in [1.82, 2.24) is 0 Å². The van der Waals surface area contributed by atoms with E-state index in [9.17, 15) is 14.4 Å². The zero-order chi connectivity index (χ0) is 48.6. The monoisotopic (exact) mass is 929 g/mol. The number of hydrogen-bond donors (Lipinski definition) is 0. The summed E-state index contributed by atoms with van der Waals surface area (Å²) in [6.07, 6.45) is 73.5. The maximum Gasteiger partial charge on any atom is 0.306 e. The first-order chi connectivity index (χ1) is 33.0. The van der Waals surface area contributed by atoms with Crippen molar-refractivity contribution in [1.29, 1.82) is 0 Å². The zero-order valence-electron chi connectivity index (χ0n) is 43.4. The SMILES string of the molecule is CC/C=C\C/C=C\C/C=C\C/C=C\C/C=C\CCCCCC(=O)OC[C@H](COC(=O)CCCCCC/C=C\C/C=C\C/C=C\CCCCC)OC(=O)CCCCCCC/C=C\CCCCCC. The lowest BCUT2D eigenvalue weighted by atomic mass is 10.1. The van der Waals surface area contributed by atoms with Crippen LogP contribution in [-0.2, 0) is 28.6 Å². The van der Waals surface area contributed by atoms with Crippen LogP contribution in [0.25, 0.3) is 0 Å². The molecule has 0 saturated heterocycles. The van der Waals surface area contributed by atoms with E-state index in [1.807, 2.05) is 0 Å². The Bertz CT molecular complexity index is 1390. The Balaban J connectivity index is 4.50. The van der Waals surface area contributed by atoms with Gasteiger partial charge >= 0.3 is 17.9 Å². The fourth-order valence-corrected chi connectivity index (χ4v) is 7.12. The largest absolute Gasteiger partial charge is 0.462 e. The highest BCUT2D eigenvalue weighted by Gasteiger charge is 2.19. The number of ether oxygens (including phenoxy) is 3. The lowest BCUT2D eigenvalue weighted by molar-refractivity contribution is -0.167. The van der Waals surface area contributed by atoms with Gasteiger partial charge in [0.25, 0.3) is 0 Å². The Morgan fingerprint density at radius 2 is 0.582 bits per heavy atom. The van der Waals surface area contributed by atoms with Crippen molar-refractivity contribution in [2.75, 3.05) is 13.2 Å². The average Bonchev–Trinajstić information content (AvgIpc) is 3.33. The summed E-state index contributed by atoms with van der Waals surface area (Å²) in [7, 11) is 0. The smallest absolute Gasteiger partial charge is 0.306 e. The van der Waals surface area contributed by atoms with E-state index in [0.717, 1.165) is 135 Å². The average molecular weight is 929 g/mol. The predicted molar refractivity (Wildman–Crippen MR) is 288 cm³/mol. The van der Waals surface area contributed by atoms with E-state index >= 15 is 0 Å². The molecule has 0 aliphatic heterocycles. The van der Waals surface area contributed by atoms with E-state index in [-0.39, 0.29) is 31.1 Å². The van der Waals surface area contributed by atoms with Crippen LogP contribution >= 0.6 is 0 Å². The Morgan fingerprint density at radius 3 is 0.970 bits per heavy atom. The maximum absolute atomic E-state index is 12.8. The predicted octanol–water partition coefficient (Wildman–Crippen LogP) is 18.3. The molecule has 0 bridgehead atoms. The van der Waals surface area contributed by atoms with E-state index in [0.29, 0.717) is 19.3 Å². The molecule has 0 rings (SSSR count). The first-order valence-electron chi connectivity index (χ1n) is 27.4. The summed E-state index contributed by atoms with van der Waals surface area (Å²) in [6.45, 7) is 6.42. The van der Waals surface area contributed by atoms with Crippen molar-refractivity contribution in [2.24, 2.45) is 0 Å². The molecule has 0 radical (unpaired) electrons. The first kappa shape index (κ1) is 63.1. The van der Waals surface area contributed by atoms with Crippen LogP contribution < -0.4 is 0 Å². The molecule has 0 aromatic rings. The van der Waals surface area contributed by atoms with Gasteiger partial charge in [0.05, 0.1) is 0 Å². The summed E-state index contributed by atoms with van der Waals surface area (Å²) < 4.78 is 16.8. The molecule has 6 heteroatoms. The van der Waals surface area contributed by atoms with Crippen molar-refractivity contribution in [3.63, 3.8) is 0 Å². The molecule has 0 heterocycles. The minimum Gasteiger partial charge on any atom is -0.462 e. The molecule has 0 N–H and O–H groups in total. The van der Waals surface area contributed by atoms with Crippen molar-refractivity contribution in [3.8, 4) is 0 Å². The third-order valence-electron chi connectivity index (χ3n) is 11.2. The minimum absolute atomic E-state index is 0.105. The molecule has 0 amide bonds. The summed E-state index contributed by atoms with van der Waals surface area (Å²) in [5.74, 6) is -0.969. The second-order valence-corrected chi connectivity index (χ2v) is 17.7. The summed E-state index contributed by atoms with van der Waals surface area (Å²) >= 11 is 0. The number of hydrogen-bond acceptors (Lipinski definition) is 6. The highest BCUT2D eigenvalue weighted by molar-refractivity contribution is 5.71. The Kier molecular flexibility index (Phi) is 51.5. The van der Waals surface area contributed by atoms with Crippen LogP contribution in [0.3, 0.4) is 0 Å². The van der Waals surface area contributed by atoms with Gasteiger partial charge in [0, 0.05) is 19.3 Å². The Morgan fingerprint density at radius 1 is 0.313 bits per heavy atom. The van der Waals surface area contributed by atoms with Gasteiger partial charge in [0.1, 0.15) is 13.2 Å². The molecule has 380 valence electrons. The van der Waals surface area contributed by atoms with Crippen LogP contribution in [0, 0.1) is 0 Å². The quantitative estimate of drug-likeness (QED) is 0.0262.